The molecule has 1 heterocycles. The number of likely N-dealkylation sites (tertiary alicyclic amines) is 1. The fraction of sp³-hybridized carbons (Fsp3) is 0.500. The van der Waals surface area contributed by atoms with Crippen molar-refractivity contribution in [3.05, 3.63) is 35.9 Å². The standard InChI is InChI=1S/C16H24N2O/c1-17(2)15-7-5-14(6-8-15)4-3-11-18-12-9-16(19)10-13-18/h3-8,16,19H,9-13H2,1-2H3. The number of hydrogen-bond acceptors (Lipinski definition) is 3. The summed E-state index contributed by atoms with van der Waals surface area (Å²) in [4.78, 5) is 4.49. The van der Waals surface area contributed by atoms with Gasteiger partial charge in [-0.15, -0.1) is 0 Å². The summed E-state index contributed by atoms with van der Waals surface area (Å²) in [5.41, 5.74) is 2.46. The van der Waals surface area contributed by atoms with Crippen molar-refractivity contribution in [2.45, 2.75) is 18.9 Å². The molecule has 0 amide bonds. The zero-order valence-electron chi connectivity index (χ0n) is 11.9. The minimum absolute atomic E-state index is 0.0844. The molecule has 104 valence electrons. The lowest BCUT2D eigenvalue weighted by atomic mass is 10.1. The van der Waals surface area contributed by atoms with Crippen LogP contribution in [0.4, 0.5) is 5.69 Å². The first-order valence-electron chi connectivity index (χ1n) is 6.99. The molecule has 0 spiro atoms. The van der Waals surface area contributed by atoms with E-state index in [2.05, 4.69) is 60.3 Å². The van der Waals surface area contributed by atoms with Crippen molar-refractivity contribution in [2.75, 3.05) is 38.6 Å². The van der Waals surface area contributed by atoms with Crippen molar-refractivity contribution in [1.82, 2.24) is 4.90 Å². The lowest BCUT2D eigenvalue weighted by Crippen LogP contribution is -2.35. The molecule has 1 aromatic rings. The Kier molecular flexibility index (Phi) is 5.00. The summed E-state index contributed by atoms with van der Waals surface area (Å²) in [7, 11) is 4.10. The van der Waals surface area contributed by atoms with Crippen LogP contribution in [0.3, 0.4) is 0 Å². The molecule has 3 heteroatoms. The largest absolute Gasteiger partial charge is 0.393 e. The van der Waals surface area contributed by atoms with Crippen LogP contribution in [0.25, 0.3) is 6.08 Å². The molecule has 0 saturated carbocycles. The van der Waals surface area contributed by atoms with Gasteiger partial charge in [-0.05, 0) is 30.5 Å². The number of benzene rings is 1. The summed E-state index contributed by atoms with van der Waals surface area (Å²) >= 11 is 0. The third-order valence-corrected chi connectivity index (χ3v) is 3.64. The first-order chi connectivity index (χ1) is 9.15. The SMILES string of the molecule is CN(C)c1ccc(C=CCN2CCC(O)CC2)cc1. The van der Waals surface area contributed by atoms with Gasteiger partial charge < -0.3 is 10.0 Å². The predicted octanol–water partition coefficient (Wildman–Crippen LogP) is 2.22. The molecular formula is C16H24N2O. The lowest BCUT2D eigenvalue weighted by Gasteiger charge is -2.28. The summed E-state index contributed by atoms with van der Waals surface area (Å²) in [5, 5.41) is 9.45. The number of hydrogen-bond donors (Lipinski definition) is 1. The average Bonchev–Trinajstić information content (AvgIpc) is 2.41. The van der Waals surface area contributed by atoms with Gasteiger partial charge in [-0.2, -0.15) is 0 Å². The molecule has 2 rings (SSSR count). The Labute approximate surface area is 116 Å². The molecule has 0 aliphatic carbocycles. The van der Waals surface area contributed by atoms with Gasteiger partial charge >= 0.3 is 0 Å². The molecule has 0 unspecified atom stereocenters. The number of piperidine rings is 1. The maximum absolute atomic E-state index is 9.45. The smallest absolute Gasteiger partial charge is 0.0564 e. The maximum Gasteiger partial charge on any atom is 0.0564 e. The van der Waals surface area contributed by atoms with Crippen LogP contribution in [0.5, 0.6) is 0 Å². The van der Waals surface area contributed by atoms with E-state index in [1.165, 1.54) is 11.3 Å². The van der Waals surface area contributed by atoms with Crippen LogP contribution in [-0.4, -0.2) is 49.8 Å². The molecule has 1 aliphatic heterocycles. The van der Waals surface area contributed by atoms with E-state index in [1.54, 1.807) is 0 Å². The highest BCUT2D eigenvalue weighted by Crippen LogP contribution is 2.14. The van der Waals surface area contributed by atoms with E-state index in [4.69, 9.17) is 0 Å². The first kappa shape index (κ1) is 14.1. The summed E-state index contributed by atoms with van der Waals surface area (Å²) in [6.45, 7) is 2.98. The van der Waals surface area contributed by atoms with Gasteiger partial charge in [-0.3, -0.25) is 4.90 Å². The lowest BCUT2D eigenvalue weighted by molar-refractivity contribution is 0.0881. The summed E-state index contributed by atoms with van der Waals surface area (Å²) in [6.07, 6.45) is 6.11. The van der Waals surface area contributed by atoms with Gasteiger partial charge in [0.2, 0.25) is 0 Å². The number of rotatable bonds is 4. The minimum atomic E-state index is -0.0844. The zero-order chi connectivity index (χ0) is 13.7. The number of nitrogens with zero attached hydrogens (tertiary/aromatic N) is 2. The number of aliphatic hydroxyl groups is 1. The van der Waals surface area contributed by atoms with E-state index in [0.717, 1.165) is 32.5 Å². The third kappa shape index (κ3) is 4.37. The van der Waals surface area contributed by atoms with Crippen LogP contribution in [0, 0.1) is 0 Å². The monoisotopic (exact) mass is 260 g/mol. The Morgan fingerprint density at radius 2 is 1.84 bits per heavy atom. The van der Waals surface area contributed by atoms with Crippen molar-refractivity contribution < 1.29 is 5.11 Å². The molecule has 0 atom stereocenters. The average molecular weight is 260 g/mol. The van der Waals surface area contributed by atoms with Crippen molar-refractivity contribution in [3.8, 4) is 0 Å². The second kappa shape index (κ2) is 6.73. The normalized spacial score (nSPS) is 18.1. The Hall–Kier alpha value is -1.32. The van der Waals surface area contributed by atoms with Gasteiger partial charge in [0.1, 0.15) is 0 Å². The van der Waals surface area contributed by atoms with Gasteiger partial charge in [-0.25, -0.2) is 0 Å². The van der Waals surface area contributed by atoms with Crippen LogP contribution < -0.4 is 4.90 Å². The van der Waals surface area contributed by atoms with Crippen molar-refractivity contribution in [3.63, 3.8) is 0 Å². The van der Waals surface area contributed by atoms with E-state index < -0.39 is 0 Å². The van der Waals surface area contributed by atoms with Crippen LogP contribution >= 0.6 is 0 Å². The zero-order valence-corrected chi connectivity index (χ0v) is 11.9. The summed E-state index contributed by atoms with van der Waals surface area (Å²) in [5.74, 6) is 0. The molecule has 3 nitrogen and oxygen atoms in total. The molecule has 1 N–H and O–H groups in total. The maximum atomic E-state index is 9.45. The van der Waals surface area contributed by atoms with Crippen LogP contribution in [-0.2, 0) is 0 Å². The predicted molar refractivity (Wildman–Crippen MR) is 81.5 cm³/mol. The summed E-state index contributed by atoms with van der Waals surface area (Å²) in [6, 6.07) is 8.56. The van der Waals surface area contributed by atoms with E-state index in [1.807, 2.05) is 0 Å². The molecule has 19 heavy (non-hydrogen) atoms. The van der Waals surface area contributed by atoms with Gasteiger partial charge in [0.05, 0.1) is 6.10 Å². The Morgan fingerprint density at radius 1 is 1.21 bits per heavy atom. The fourth-order valence-electron chi connectivity index (χ4n) is 2.32. The molecular weight excluding hydrogens is 236 g/mol. The molecule has 1 aromatic carbocycles. The van der Waals surface area contributed by atoms with Gasteiger partial charge in [0, 0.05) is 39.4 Å². The Bertz CT molecular complexity index is 403. The molecule has 1 saturated heterocycles. The number of aliphatic hydroxyl groups excluding tert-OH is 1. The van der Waals surface area contributed by atoms with Crippen molar-refractivity contribution in [2.24, 2.45) is 0 Å². The molecule has 0 bridgehead atoms. The minimum Gasteiger partial charge on any atom is -0.393 e. The Morgan fingerprint density at radius 3 is 2.42 bits per heavy atom. The van der Waals surface area contributed by atoms with Gasteiger partial charge in [0.15, 0.2) is 0 Å². The highest BCUT2D eigenvalue weighted by Gasteiger charge is 2.15. The van der Waals surface area contributed by atoms with E-state index in [0.29, 0.717) is 0 Å². The molecule has 1 aliphatic rings. The second-order valence-corrected chi connectivity index (χ2v) is 5.42. The van der Waals surface area contributed by atoms with Crippen LogP contribution in [0.15, 0.2) is 30.3 Å². The third-order valence-electron chi connectivity index (χ3n) is 3.64. The van der Waals surface area contributed by atoms with Gasteiger partial charge in [-0.1, -0.05) is 24.3 Å². The summed E-state index contributed by atoms with van der Waals surface area (Å²) < 4.78 is 0. The highest BCUT2D eigenvalue weighted by molar-refractivity contribution is 5.55. The molecule has 0 aromatic heterocycles. The van der Waals surface area contributed by atoms with Crippen molar-refractivity contribution >= 4 is 11.8 Å². The van der Waals surface area contributed by atoms with Gasteiger partial charge in [0.25, 0.3) is 0 Å². The van der Waals surface area contributed by atoms with Crippen molar-refractivity contribution in [1.29, 1.82) is 0 Å². The van der Waals surface area contributed by atoms with E-state index >= 15 is 0 Å². The van der Waals surface area contributed by atoms with E-state index in [-0.39, 0.29) is 6.10 Å². The first-order valence-corrected chi connectivity index (χ1v) is 6.99. The topological polar surface area (TPSA) is 26.7 Å². The quantitative estimate of drug-likeness (QED) is 0.899. The number of anilines is 1. The van der Waals surface area contributed by atoms with Crippen LogP contribution in [0.2, 0.25) is 0 Å². The van der Waals surface area contributed by atoms with Crippen LogP contribution in [0.1, 0.15) is 18.4 Å². The molecule has 0 radical (unpaired) electrons. The Balaban J connectivity index is 1.82. The van der Waals surface area contributed by atoms with E-state index in [9.17, 15) is 5.11 Å². The molecule has 1 fully saturated rings. The fourth-order valence-corrected chi connectivity index (χ4v) is 2.32. The highest BCUT2D eigenvalue weighted by atomic mass is 16.3. The second-order valence-electron chi connectivity index (χ2n) is 5.42.